The molecule has 2 aliphatic rings. The van der Waals surface area contributed by atoms with Gasteiger partial charge < -0.3 is 60.0 Å². The summed E-state index contributed by atoms with van der Waals surface area (Å²) in [5.74, 6) is 0.271. The predicted octanol–water partition coefficient (Wildman–Crippen LogP) is -2.94. The van der Waals surface area contributed by atoms with Crippen molar-refractivity contribution in [2.45, 2.75) is 61.7 Å². The number of ether oxygens (including phenoxy) is 4. The molecule has 1 aromatic rings. The fourth-order valence-corrected chi connectivity index (χ4v) is 3.44. The third-order valence-corrected chi connectivity index (χ3v) is 5.36. The summed E-state index contributed by atoms with van der Waals surface area (Å²) >= 11 is 0. The van der Waals surface area contributed by atoms with Gasteiger partial charge >= 0.3 is 0 Å². The van der Waals surface area contributed by atoms with Gasteiger partial charge in [-0.3, -0.25) is 5.23 Å². The van der Waals surface area contributed by atoms with E-state index >= 15 is 0 Å². The Balaban J connectivity index is 1.58. The van der Waals surface area contributed by atoms with Crippen molar-refractivity contribution in [3.8, 4) is 5.75 Å². The minimum atomic E-state index is -1.63. The van der Waals surface area contributed by atoms with Crippen LogP contribution in [0.5, 0.6) is 5.75 Å². The Morgan fingerprint density at radius 2 is 1.44 bits per heavy atom. The molecule has 1 aromatic carbocycles. The molecular weight excluding hydrogens is 434 g/mol. The van der Waals surface area contributed by atoms with Crippen LogP contribution in [0, 0.1) is 5.21 Å². The van der Waals surface area contributed by atoms with Crippen molar-refractivity contribution in [2.75, 3.05) is 19.8 Å². The Labute approximate surface area is 183 Å². The minimum Gasteiger partial charge on any atom is -0.762 e. The lowest BCUT2D eigenvalue weighted by Crippen LogP contribution is -2.60. The van der Waals surface area contributed by atoms with Gasteiger partial charge in [-0.05, 0) is 24.1 Å². The normalized spacial score (nSPS) is 37.7. The van der Waals surface area contributed by atoms with Crippen LogP contribution in [-0.4, -0.2) is 116 Å². The average Bonchev–Trinajstić information content (AvgIpc) is 3.06. The van der Waals surface area contributed by atoms with Gasteiger partial charge in [0.25, 0.3) is 0 Å². The zero-order valence-corrected chi connectivity index (χ0v) is 17.0. The first-order valence-electron chi connectivity index (χ1n) is 10.0. The summed E-state index contributed by atoms with van der Waals surface area (Å²) in [6.45, 7) is -1.02. The highest BCUT2D eigenvalue weighted by Gasteiger charge is 2.47. The Morgan fingerprint density at radius 3 is 2.03 bits per heavy atom. The monoisotopic (exact) mass is 462 g/mol. The Hall–Kier alpha value is -1.46. The molecule has 9 atom stereocenters. The van der Waals surface area contributed by atoms with Gasteiger partial charge in [0.1, 0.15) is 48.5 Å². The molecule has 3 rings (SSSR count). The molecular formula is C19H28NO12-. The lowest BCUT2D eigenvalue weighted by Gasteiger charge is -2.40. The van der Waals surface area contributed by atoms with Crippen LogP contribution in [0.1, 0.15) is 5.56 Å². The molecule has 2 saturated heterocycles. The second-order valence-corrected chi connectivity index (χ2v) is 7.64. The van der Waals surface area contributed by atoms with Gasteiger partial charge in [0, 0.05) is 6.54 Å². The van der Waals surface area contributed by atoms with Crippen molar-refractivity contribution in [1.82, 2.24) is 5.23 Å². The van der Waals surface area contributed by atoms with Gasteiger partial charge in [0.15, 0.2) is 6.29 Å². The highest BCUT2D eigenvalue weighted by Crippen LogP contribution is 2.27. The lowest BCUT2D eigenvalue weighted by atomic mass is 9.99. The van der Waals surface area contributed by atoms with Crippen LogP contribution in [0.4, 0.5) is 0 Å². The van der Waals surface area contributed by atoms with E-state index in [4.69, 9.17) is 29.3 Å². The molecule has 0 aliphatic carbocycles. The van der Waals surface area contributed by atoms with E-state index in [2.05, 4.69) is 0 Å². The molecule has 2 heterocycles. The van der Waals surface area contributed by atoms with E-state index < -0.39 is 61.9 Å². The summed E-state index contributed by atoms with van der Waals surface area (Å²) in [6, 6.07) is 6.36. The van der Waals surface area contributed by atoms with Gasteiger partial charge in [0.05, 0.1) is 13.2 Å². The van der Waals surface area contributed by atoms with Gasteiger partial charge in [-0.1, -0.05) is 12.1 Å². The van der Waals surface area contributed by atoms with E-state index in [1.165, 1.54) is 0 Å². The molecule has 0 unspecified atom stereocenters. The molecule has 13 heteroatoms. The number of benzene rings is 1. The van der Waals surface area contributed by atoms with Crippen LogP contribution >= 0.6 is 0 Å². The molecule has 0 spiro atoms. The quantitative estimate of drug-likeness (QED) is 0.184. The number of aliphatic hydroxyl groups is 6. The topological polar surface area (TPSA) is 205 Å². The fourth-order valence-electron chi connectivity index (χ4n) is 3.44. The van der Waals surface area contributed by atoms with E-state index in [9.17, 15) is 30.7 Å². The molecule has 7 N–H and O–H groups in total. The zero-order valence-electron chi connectivity index (χ0n) is 17.0. The Bertz CT molecular complexity index is 706. The fraction of sp³-hybridized carbons (Fsp3) is 0.684. The molecule has 0 bridgehead atoms. The smallest absolute Gasteiger partial charge is 0.229 e. The summed E-state index contributed by atoms with van der Waals surface area (Å²) in [7, 11) is 0. The maximum absolute atomic E-state index is 10.6. The molecule has 0 aromatic heterocycles. The number of nitrogens with zero attached hydrogens (tertiary/aromatic N) is 1. The third kappa shape index (κ3) is 5.91. The maximum Gasteiger partial charge on any atom is 0.229 e. The standard InChI is InChI=1S/C19H28NO12/c21-7-11-13(22)16(25)18(31-11)29-8-12-14(23)15(24)17(26)19(32-12)30-10-3-1-9(2-4-10)5-6-20(27)28/h1-4,11-19,21-27H,5-8H2/q-1/t11-,12-,13+,14-,15-,16-,17-,18+,19-/m1/s1. The molecule has 32 heavy (non-hydrogen) atoms. The van der Waals surface area contributed by atoms with Crippen molar-refractivity contribution in [3.05, 3.63) is 35.0 Å². The van der Waals surface area contributed by atoms with Crippen LogP contribution < -0.4 is 4.74 Å². The van der Waals surface area contributed by atoms with Crippen LogP contribution in [0.2, 0.25) is 0 Å². The van der Waals surface area contributed by atoms with Gasteiger partial charge in [-0.25, -0.2) is 0 Å². The molecule has 182 valence electrons. The number of rotatable bonds is 9. The van der Waals surface area contributed by atoms with Crippen molar-refractivity contribution >= 4 is 0 Å². The van der Waals surface area contributed by atoms with Gasteiger partial charge in [-0.15, -0.1) is 0 Å². The number of aliphatic hydroxyl groups excluding tert-OH is 6. The molecule has 0 radical (unpaired) electrons. The highest BCUT2D eigenvalue weighted by atomic mass is 16.8. The average molecular weight is 462 g/mol. The van der Waals surface area contributed by atoms with Crippen molar-refractivity contribution in [3.63, 3.8) is 0 Å². The number of hydrogen-bond donors (Lipinski definition) is 7. The number of hydroxylamine groups is 2. The van der Waals surface area contributed by atoms with E-state index in [0.29, 0.717) is 6.42 Å². The van der Waals surface area contributed by atoms with E-state index in [1.54, 1.807) is 24.3 Å². The molecule has 2 aliphatic heterocycles. The summed E-state index contributed by atoms with van der Waals surface area (Å²) in [6.07, 6.45) is -12.1. The van der Waals surface area contributed by atoms with E-state index in [-0.39, 0.29) is 24.1 Å². The minimum absolute atomic E-state index is 0.105. The number of hydrogen-bond acceptors (Lipinski definition) is 13. The summed E-state index contributed by atoms with van der Waals surface area (Å²) in [4.78, 5) is 0. The molecule has 13 nitrogen and oxygen atoms in total. The first-order valence-corrected chi connectivity index (χ1v) is 10.0. The summed E-state index contributed by atoms with van der Waals surface area (Å²) in [5, 5.41) is 78.5. The zero-order chi connectivity index (χ0) is 23.4. The Kier molecular flexibility index (Phi) is 8.74. The molecule has 0 amide bonds. The van der Waals surface area contributed by atoms with Crippen LogP contribution in [-0.2, 0) is 20.6 Å². The lowest BCUT2D eigenvalue weighted by molar-refractivity contribution is -0.290. The van der Waals surface area contributed by atoms with E-state index in [0.717, 1.165) is 5.56 Å². The van der Waals surface area contributed by atoms with Gasteiger partial charge in [-0.2, -0.15) is 0 Å². The second-order valence-electron chi connectivity index (χ2n) is 7.64. The largest absolute Gasteiger partial charge is 0.762 e. The van der Waals surface area contributed by atoms with E-state index in [1.807, 2.05) is 0 Å². The first-order chi connectivity index (χ1) is 15.2. The van der Waals surface area contributed by atoms with Crippen molar-refractivity contribution < 1.29 is 54.8 Å². The summed E-state index contributed by atoms with van der Waals surface area (Å²) < 4.78 is 21.6. The first kappa shape index (κ1) is 25.2. The van der Waals surface area contributed by atoms with Crippen molar-refractivity contribution in [2.24, 2.45) is 0 Å². The van der Waals surface area contributed by atoms with Crippen LogP contribution in [0.15, 0.2) is 24.3 Å². The second kappa shape index (κ2) is 11.1. The van der Waals surface area contributed by atoms with Crippen LogP contribution in [0.25, 0.3) is 0 Å². The van der Waals surface area contributed by atoms with Gasteiger partial charge in [0.2, 0.25) is 6.29 Å². The molecule has 2 fully saturated rings. The third-order valence-electron chi connectivity index (χ3n) is 5.36. The van der Waals surface area contributed by atoms with Crippen LogP contribution in [0.3, 0.4) is 0 Å². The van der Waals surface area contributed by atoms with Crippen molar-refractivity contribution in [1.29, 1.82) is 0 Å². The maximum atomic E-state index is 10.6. The SMILES string of the molecule is [O-]N(O)CCc1ccc(O[C@@H]2O[C@H](CO[C@H]3O[C@H](CO)[C@H](O)[C@H]3O)[C@@H](O)[C@@H](O)[C@H]2O)cc1. The molecule has 0 saturated carbocycles. The Morgan fingerprint density at radius 1 is 0.844 bits per heavy atom. The highest BCUT2D eigenvalue weighted by molar-refractivity contribution is 5.27. The summed E-state index contributed by atoms with van der Waals surface area (Å²) in [5.41, 5.74) is 0.748. The predicted molar refractivity (Wildman–Crippen MR) is 103 cm³/mol.